The van der Waals surface area contributed by atoms with Gasteiger partial charge < -0.3 is 14.8 Å². The van der Waals surface area contributed by atoms with Gasteiger partial charge in [0.15, 0.2) is 0 Å². The molecule has 0 fully saturated rings. The minimum Gasteiger partial charge on any atom is -0.494 e. The number of ether oxygens (including phenoxy) is 2. The Hall–Kier alpha value is -1.55. The van der Waals surface area contributed by atoms with Gasteiger partial charge in [0.25, 0.3) is 0 Å². The SMILES string of the molecule is CCCNC(CC(=O)OC)Cc1ccc(OCC)cc1. The second-order valence-corrected chi connectivity index (χ2v) is 4.71. The Kier molecular flexibility index (Phi) is 7.73. The van der Waals surface area contributed by atoms with E-state index in [0.29, 0.717) is 13.0 Å². The molecule has 0 radical (unpaired) electrons. The van der Waals surface area contributed by atoms with E-state index >= 15 is 0 Å². The maximum atomic E-state index is 11.4. The summed E-state index contributed by atoms with van der Waals surface area (Å²) in [6.45, 7) is 5.65. The molecular weight excluding hydrogens is 254 g/mol. The molecule has 4 nitrogen and oxygen atoms in total. The summed E-state index contributed by atoms with van der Waals surface area (Å²) in [5, 5.41) is 3.39. The Morgan fingerprint density at radius 1 is 1.25 bits per heavy atom. The first kappa shape index (κ1) is 16.5. The summed E-state index contributed by atoms with van der Waals surface area (Å²) < 4.78 is 10.2. The molecule has 0 saturated carbocycles. The highest BCUT2D eigenvalue weighted by Crippen LogP contribution is 2.14. The summed E-state index contributed by atoms with van der Waals surface area (Å²) in [5.74, 6) is 0.701. The topological polar surface area (TPSA) is 47.6 Å². The molecule has 1 unspecified atom stereocenters. The van der Waals surface area contributed by atoms with E-state index in [9.17, 15) is 4.79 Å². The number of carbonyl (C=O) groups excluding carboxylic acids is 1. The van der Waals surface area contributed by atoms with Crippen LogP contribution in [0.5, 0.6) is 5.75 Å². The van der Waals surface area contributed by atoms with Crippen LogP contribution in [0.4, 0.5) is 0 Å². The number of methoxy groups -OCH3 is 1. The van der Waals surface area contributed by atoms with Crippen LogP contribution in [0.1, 0.15) is 32.3 Å². The maximum absolute atomic E-state index is 11.4. The number of rotatable bonds is 9. The first-order valence-corrected chi connectivity index (χ1v) is 7.21. The zero-order chi connectivity index (χ0) is 14.8. The summed E-state index contributed by atoms with van der Waals surface area (Å²) in [5.41, 5.74) is 1.19. The maximum Gasteiger partial charge on any atom is 0.307 e. The highest BCUT2D eigenvalue weighted by atomic mass is 16.5. The Morgan fingerprint density at radius 3 is 2.50 bits per heavy atom. The van der Waals surface area contributed by atoms with Gasteiger partial charge in [0.05, 0.1) is 20.1 Å². The van der Waals surface area contributed by atoms with E-state index in [1.807, 2.05) is 31.2 Å². The molecule has 0 aliphatic heterocycles. The standard InChI is InChI=1S/C16H25NO3/c1-4-10-17-14(12-16(18)19-3)11-13-6-8-15(9-7-13)20-5-2/h6-9,14,17H,4-5,10-12H2,1-3H3. The average Bonchev–Trinajstić information content (AvgIpc) is 2.47. The van der Waals surface area contributed by atoms with Crippen molar-refractivity contribution in [2.24, 2.45) is 0 Å². The van der Waals surface area contributed by atoms with Crippen LogP contribution < -0.4 is 10.1 Å². The number of esters is 1. The molecule has 0 saturated heterocycles. The van der Waals surface area contributed by atoms with E-state index in [1.165, 1.54) is 12.7 Å². The summed E-state index contributed by atoms with van der Waals surface area (Å²) in [4.78, 5) is 11.4. The molecule has 1 N–H and O–H groups in total. The van der Waals surface area contributed by atoms with Crippen molar-refractivity contribution in [2.75, 3.05) is 20.3 Å². The van der Waals surface area contributed by atoms with Crippen LogP contribution in [-0.4, -0.2) is 32.3 Å². The molecule has 1 rings (SSSR count). The average molecular weight is 279 g/mol. The zero-order valence-corrected chi connectivity index (χ0v) is 12.6. The second kappa shape index (κ2) is 9.37. The molecule has 1 atom stereocenters. The predicted molar refractivity (Wildman–Crippen MR) is 80.0 cm³/mol. The van der Waals surface area contributed by atoms with Crippen molar-refractivity contribution < 1.29 is 14.3 Å². The Morgan fingerprint density at radius 2 is 1.95 bits per heavy atom. The number of benzene rings is 1. The largest absolute Gasteiger partial charge is 0.494 e. The molecule has 1 aromatic carbocycles. The smallest absolute Gasteiger partial charge is 0.307 e. The molecule has 0 spiro atoms. The number of hydrogen-bond donors (Lipinski definition) is 1. The van der Waals surface area contributed by atoms with Gasteiger partial charge in [-0.3, -0.25) is 4.79 Å². The van der Waals surface area contributed by atoms with Gasteiger partial charge >= 0.3 is 5.97 Å². The first-order chi connectivity index (χ1) is 9.69. The second-order valence-electron chi connectivity index (χ2n) is 4.71. The summed E-state index contributed by atoms with van der Waals surface area (Å²) >= 11 is 0. The molecule has 20 heavy (non-hydrogen) atoms. The molecule has 0 aliphatic carbocycles. The summed E-state index contributed by atoms with van der Waals surface area (Å²) in [6, 6.07) is 8.13. The summed E-state index contributed by atoms with van der Waals surface area (Å²) in [7, 11) is 1.43. The molecule has 4 heteroatoms. The van der Waals surface area contributed by atoms with Gasteiger partial charge in [-0.15, -0.1) is 0 Å². The lowest BCUT2D eigenvalue weighted by molar-refractivity contribution is -0.141. The lowest BCUT2D eigenvalue weighted by Gasteiger charge is -2.17. The van der Waals surface area contributed by atoms with E-state index in [-0.39, 0.29) is 12.0 Å². The molecule has 0 amide bonds. The van der Waals surface area contributed by atoms with Crippen molar-refractivity contribution in [3.63, 3.8) is 0 Å². The van der Waals surface area contributed by atoms with Crippen molar-refractivity contribution in [2.45, 2.75) is 39.2 Å². The number of nitrogens with one attached hydrogen (secondary N) is 1. The van der Waals surface area contributed by atoms with Gasteiger partial charge in [0.2, 0.25) is 0 Å². The third kappa shape index (κ3) is 6.06. The van der Waals surface area contributed by atoms with Crippen LogP contribution in [0, 0.1) is 0 Å². The van der Waals surface area contributed by atoms with Gasteiger partial charge in [-0.05, 0) is 44.0 Å². The molecule has 1 aromatic rings. The van der Waals surface area contributed by atoms with Crippen LogP contribution >= 0.6 is 0 Å². The van der Waals surface area contributed by atoms with Gasteiger partial charge in [0, 0.05) is 6.04 Å². The van der Waals surface area contributed by atoms with Gasteiger partial charge in [-0.2, -0.15) is 0 Å². The number of carbonyl (C=O) groups is 1. The highest BCUT2D eigenvalue weighted by Gasteiger charge is 2.14. The summed E-state index contributed by atoms with van der Waals surface area (Å²) in [6.07, 6.45) is 2.24. The Balaban J connectivity index is 2.60. The van der Waals surface area contributed by atoms with Crippen LogP contribution in [0.15, 0.2) is 24.3 Å². The molecule has 0 aromatic heterocycles. The fourth-order valence-electron chi connectivity index (χ4n) is 2.02. The number of hydrogen-bond acceptors (Lipinski definition) is 4. The quantitative estimate of drug-likeness (QED) is 0.706. The fourth-order valence-corrected chi connectivity index (χ4v) is 2.02. The monoisotopic (exact) mass is 279 g/mol. The normalized spacial score (nSPS) is 11.9. The minimum absolute atomic E-state index is 0.111. The molecular formula is C16H25NO3. The first-order valence-electron chi connectivity index (χ1n) is 7.21. The van der Waals surface area contributed by atoms with Crippen LogP contribution in [0.3, 0.4) is 0 Å². The van der Waals surface area contributed by atoms with Gasteiger partial charge in [-0.1, -0.05) is 19.1 Å². The lowest BCUT2D eigenvalue weighted by atomic mass is 10.0. The molecule has 0 aliphatic rings. The van der Waals surface area contributed by atoms with Crippen LogP contribution in [0.2, 0.25) is 0 Å². The highest BCUT2D eigenvalue weighted by molar-refractivity contribution is 5.70. The van der Waals surface area contributed by atoms with Crippen molar-refractivity contribution >= 4 is 5.97 Å². The van der Waals surface area contributed by atoms with Crippen molar-refractivity contribution in [3.8, 4) is 5.75 Å². The van der Waals surface area contributed by atoms with E-state index in [4.69, 9.17) is 9.47 Å². The molecule has 112 valence electrons. The van der Waals surface area contributed by atoms with Gasteiger partial charge in [-0.25, -0.2) is 0 Å². The third-order valence-electron chi connectivity index (χ3n) is 3.04. The van der Waals surface area contributed by atoms with E-state index in [1.54, 1.807) is 0 Å². The van der Waals surface area contributed by atoms with E-state index in [0.717, 1.165) is 25.1 Å². The van der Waals surface area contributed by atoms with Crippen molar-refractivity contribution in [3.05, 3.63) is 29.8 Å². The lowest BCUT2D eigenvalue weighted by Crippen LogP contribution is -2.34. The van der Waals surface area contributed by atoms with Crippen LogP contribution in [0.25, 0.3) is 0 Å². The van der Waals surface area contributed by atoms with E-state index < -0.39 is 0 Å². The Bertz CT molecular complexity index is 389. The fraction of sp³-hybridized carbons (Fsp3) is 0.562. The third-order valence-corrected chi connectivity index (χ3v) is 3.04. The van der Waals surface area contributed by atoms with Gasteiger partial charge in [0.1, 0.15) is 5.75 Å². The minimum atomic E-state index is -0.176. The van der Waals surface area contributed by atoms with Crippen molar-refractivity contribution in [1.82, 2.24) is 5.32 Å². The van der Waals surface area contributed by atoms with E-state index in [2.05, 4.69) is 12.2 Å². The molecule has 0 heterocycles. The predicted octanol–water partition coefficient (Wildman–Crippen LogP) is 2.56. The Labute approximate surface area is 121 Å². The zero-order valence-electron chi connectivity index (χ0n) is 12.6. The van der Waals surface area contributed by atoms with Crippen molar-refractivity contribution in [1.29, 1.82) is 0 Å². The molecule has 0 bridgehead atoms. The van der Waals surface area contributed by atoms with Crippen LogP contribution in [-0.2, 0) is 16.0 Å².